The summed E-state index contributed by atoms with van der Waals surface area (Å²) in [4.78, 5) is 11.4. The number of nitrogens with one attached hydrogen (secondary N) is 1. The van der Waals surface area contributed by atoms with E-state index >= 15 is 0 Å². The van der Waals surface area contributed by atoms with Crippen LogP contribution in [0.4, 0.5) is 4.79 Å². The first-order chi connectivity index (χ1) is 7.68. The minimum absolute atomic E-state index is 0.213. The van der Waals surface area contributed by atoms with Gasteiger partial charge in [0.15, 0.2) is 0 Å². The zero-order chi connectivity index (χ0) is 11.4. The monoisotopic (exact) mass is 220 g/mol. The summed E-state index contributed by atoms with van der Waals surface area (Å²) in [5.74, 6) is 0.541. The standard InChI is InChI=1S/C12H16N2O2/c13-12(7-4-8-12)9-14-11(15)16-10-5-2-1-3-6-10/h1-3,5-6H,4,7-9,13H2,(H,14,15). The van der Waals surface area contributed by atoms with Crippen LogP contribution in [0.5, 0.6) is 5.75 Å². The Hall–Kier alpha value is -1.55. The van der Waals surface area contributed by atoms with Crippen LogP contribution in [-0.2, 0) is 0 Å². The number of benzene rings is 1. The summed E-state index contributed by atoms with van der Waals surface area (Å²) in [6, 6.07) is 8.98. The first-order valence-electron chi connectivity index (χ1n) is 5.48. The van der Waals surface area contributed by atoms with Crippen LogP contribution in [-0.4, -0.2) is 18.2 Å². The number of carbonyl (C=O) groups excluding carboxylic acids is 1. The van der Waals surface area contributed by atoms with Crippen molar-refractivity contribution in [2.45, 2.75) is 24.8 Å². The number of rotatable bonds is 3. The summed E-state index contributed by atoms with van der Waals surface area (Å²) in [6.45, 7) is 0.485. The van der Waals surface area contributed by atoms with Gasteiger partial charge in [0.25, 0.3) is 0 Å². The number of ether oxygens (including phenoxy) is 1. The first kappa shape index (κ1) is 11.0. The maximum absolute atomic E-state index is 11.4. The van der Waals surface area contributed by atoms with E-state index in [9.17, 15) is 4.79 Å². The van der Waals surface area contributed by atoms with Gasteiger partial charge in [-0.3, -0.25) is 0 Å². The second kappa shape index (κ2) is 4.53. The molecule has 16 heavy (non-hydrogen) atoms. The summed E-state index contributed by atoms with van der Waals surface area (Å²) in [7, 11) is 0. The van der Waals surface area contributed by atoms with Crippen molar-refractivity contribution in [3.05, 3.63) is 30.3 Å². The van der Waals surface area contributed by atoms with E-state index in [4.69, 9.17) is 10.5 Å². The van der Waals surface area contributed by atoms with Crippen LogP contribution in [0.25, 0.3) is 0 Å². The summed E-state index contributed by atoms with van der Waals surface area (Å²) >= 11 is 0. The van der Waals surface area contributed by atoms with Crippen molar-refractivity contribution in [3.63, 3.8) is 0 Å². The molecule has 0 heterocycles. The molecular formula is C12H16N2O2. The normalized spacial score (nSPS) is 17.3. The van der Waals surface area contributed by atoms with E-state index in [2.05, 4.69) is 5.32 Å². The van der Waals surface area contributed by atoms with Gasteiger partial charge in [-0.25, -0.2) is 4.79 Å². The average Bonchev–Trinajstić information content (AvgIpc) is 2.25. The quantitative estimate of drug-likeness (QED) is 0.814. The van der Waals surface area contributed by atoms with Crippen LogP contribution in [0.1, 0.15) is 19.3 Å². The maximum atomic E-state index is 11.4. The molecule has 86 valence electrons. The lowest BCUT2D eigenvalue weighted by Gasteiger charge is -2.37. The van der Waals surface area contributed by atoms with Gasteiger partial charge in [-0.15, -0.1) is 0 Å². The maximum Gasteiger partial charge on any atom is 0.412 e. The molecule has 0 saturated heterocycles. The van der Waals surface area contributed by atoms with Gasteiger partial charge in [-0.05, 0) is 31.4 Å². The Balaban J connectivity index is 1.76. The third-order valence-electron chi connectivity index (χ3n) is 2.89. The molecule has 0 aliphatic heterocycles. The van der Waals surface area contributed by atoms with E-state index in [0.717, 1.165) is 19.3 Å². The Kier molecular flexibility index (Phi) is 3.10. The van der Waals surface area contributed by atoms with Crippen LogP contribution in [0.2, 0.25) is 0 Å². The van der Waals surface area contributed by atoms with Crippen molar-refractivity contribution in [2.24, 2.45) is 5.73 Å². The minimum Gasteiger partial charge on any atom is -0.410 e. The highest BCUT2D eigenvalue weighted by atomic mass is 16.6. The molecule has 1 aromatic rings. The van der Waals surface area contributed by atoms with Gasteiger partial charge in [0.05, 0.1) is 0 Å². The molecule has 3 N–H and O–H groups in total. The number of para-hydroxylation sites is 1. The van der Waals surface area contributed by atoms with E-state index in [1.54, 1.807) is 12.1 Å². The zero-order valence-corrected chi connectivity index (χ0v) is 9.11. The molecule has 0 radical (unpaired) electrons. The van der Waals surface area contributed by atoms with Crippen molar-refractivity contribution in [1.29, 1.82) is 0 Å². The Morgan fingerprint density at radius 1 is 1.38 bits per heavy atom. The number of carbonyl (C=O) groups is 1. The summed E-state index contributed by atoms with van der Waals surface area (Å²) < 4.78 is 5.07. The molecule has 0 aromatic heterocycles. The van der Waals surface area contributed by atoms with Gasteiger partial charge >= 0.3 is 6.09 Å². The fourth-order valence-corrected chi connectivity index (χ4v) is 1.69. The molecule has 1 saturated carbocycles. The van der Waals surface area contributed by atoms with E-state index in [-0.39, 0.29) is 5.54 Å². The predicted molar refractivity (Wildman–Crippen MR) is 61.2 cm³/mol. The minimum atomic E-state index is -0.442. The van der Waals surface area contributed by atoms with Crippen LogP contribution < -0.4 is 15.8 Å². The van der Waals surface area contributed by atoms with Crippen molar-refractivity contribution in [3.8, 4) is 5.75 Å². The highest BCUT2D eigenvalue weighted by molar-refractivity contribution is 5.70. The molecule has 0 bridgehead atoms. The Morgan fingerprint density at radius 2 is 2.06 bits per heavy atom. The highest BCUT2D eigenvalue weighted by Gasteiger charge is 2.32. The molecule has 1 aromatic carbocycles. The van der Waals surface area contributed by atoms with Gasteiger partial charge in [0, 0.05) is 12.1 Å². The first-order valence-corrected chi connectivity index (χ1v) is 5.48. The molecular weight excluding hydrogens is 204 g/mol. The molecule has 0 atom stereocenters. The number of hydrogen-bond acceptors (Lipinski definition) is 3. The molecule has 4 nitrogen and oxygen atoms in total. The van der Waals surface area contributed by atoms with Gasteiger partial charge in [0.1, 0.15) is 5.75 Å². The summed E-state index contributed by atoms with van der Waals surface area (Å²) in [5, 5.41) is 2.69. The summed E-state index contributed by atoms with van der Waals surface area (Å²) in [5.41, 5.74) is 5.76. The van der Waals surface area contributed by atoms with E-state index in [1.807, 2.05) is 18.2 Å². The van der Waals surface area contributed by atoms with Gasteiger partial charge in [-0.2, -0.15) is 0 Å². The van der Waals surface area contributed by atoms with Gasteiger partial charge < -0.3 is 15.8 Å². The molecule has 0 unspecified atom stereocenters. The molecule has 1 amide bonds. The molecule has 1 aliphatic rings. The second-order valence-electron chi connectivity index (χ2n) is 4.27. The van der Waals surface area contributed by atoms with E-state index in [1.165, 1.54) is 0 Å². The number of hydrogen-bond donors (Lipinski definition) is 2. The van der Waals surface area contributed by atoms with E-state index < -0.39 is 6.09 Å². The van der Waals surface area contributed by atoms with Crippen molar-refractivity contribution < 1.29 is 9.53 Å². The van der Waals surface area contributed by atoms with E-state index in [0.29, 0.717) is 12.3 Å². The lowest BCUT2D eigenvalue weighted by molar-refractivity contribution is 0.186. The van der Waals surface area contributed by atoms with Crippen LogP contribution in [0.3, 0.4) is 0 Å². The lowest BCUT2D eigenvalue weighted by Crippen LogP contribution is -2.55. The van der Waals surface area contributed by atoms with Crippen LogP contribution in [0, 0.1) is 0 Å². The topological polar surface area (TPSA) is 64.3 Å². The highest BCUT2D eigenvalue weighted by Crippen LogP contribution is 2.28. The Bertz CT molecular complexity index is 361. The number of amides is 1. The van der Waals surface area contributed by atoms with Crippen LogP contribution in [0.15, 0.2) is 30.3 Å². The largest absolute Gasteiger partial charge is 0.412 e. The molecule has 1 fully saturated rings. The lowest BCUT2D eigenvalue weighted by atomic mass is 9.78. The molecule has 1 aliphatic carbocycles. The van der Waals surface area contributed by atoms with Gasteiger partial charge in [-0.1, -0.05) is 18.2 Å². The second-order valence-corrected chi connectivity index (χ2v) is 4.27. The van der Waals surface area contributed by atoms with Crippen molar-refractivity contribution >= 4 is 6.09 Å². The fourth-order valence-electron chi connectivity index (χ4n) is 1.69. The van der Waals surface area contributed by atoms with Gasteiger partial charge in [0.2, 0.25) is 0 Å². The van der Waals surface area contributed by atoms with Crippen molar-refractivity contribution in [2.75, 3.05) is 6.54 Å². The molecule has 0 spiro atoms. The predicted octanol–water partition coefficient (Wildman–Crippen LogP) is 1.66. The third-order valence-corrected chi connectivity index (χ3v) is 2.89. The SMILES string of the molecule is NC1(CNC(=O)Oc2ccccc2)CCC1. The van der Waals surface area contributed by atoms with Crippen LogP contribution >= 0.6 is 0 Å². The molecule has 4 heteroatoms. The smallest absolute Gasteiger partial charge is 0.410 e. The van der Waals surface area contributed by atoms with Crippen molar-refractivity contribution in [1.82, 2.24) is 5.32 Å². The third kappa shape index (κ3) is 2.73. The molecule has 2 rings (SSSR count). The fraction of sp³-hybridized carbons (Fsp3) is 0.417. The number of nitrogens with two attached hydrogens (primary N) is 1. The Labute approximate surface area is 94.8 Å². The zero-order valence-electron chi connectivity index (χ0n) is 9.11. The average molecular weight is 220 g/mol. The Morgan fingerprint density at radius 3 is 2.62 bits per heavy atom. The summed E-state index contributed by atoms with van der Waals surface area (Å²) in [6.07, 6.45) is 2.64.